The lowest BCUT2D eigenvalue weighted by Crippen LogP contribution is -2.42. The molecule has 0 amide bonds. The normalized spacial score (nSPS) is 20.7. The van der Waals surface area contributed by atoms with Crippen LogP contribution in [-0.2, 0) is 10.0 Å². The molecule has 0 aromatic heterocycles. The largest absolute Gasteiger partial charge is 0.319 e. The Morgan fingerprint density at radius 3 is 2.71 bits per heavy atom. The van der Waals surface area contributed by atoms with Crippen LogP contribution in [0.5, 0.6) is 0 Å². The first kappa shape index (κ1) is 16.3. The number of aryl methyl sites for hydroxylation is 1. The lowest BCUT2D eigenvalue weighted by atomic mass is 10.00. The Bertz CT molecular complexity index is 618. The van der Waals surface area contributed by atoms with Crippen molar-refractivity contribution in [2.24, 2.45) is 5.92 Å². The van der Waals surface area contributed by atoms with Gasteiger partial charge in [-0.3, -0.25) is 0 Å². The van der Waals surface area contributed by atoms with E-state index in [1.807, 2.05) is 7.05 Å². The molecule has 1 aromatic rings. The van der Waals surface area contributed by atoms with Gasteiger partial charge in [-0.25, -0.2) is 17.2 Å². The third kappa shape index (κ3) is 3.41. The summed E-state index contributed by atoms with van der Waals surface area (Å²) in [6.07, 6.45) is 1.69. The fraction of sp³-hybridized carbons (Fsp3) is 0.571. The number of benzene rings is 1. The van der Waals surface area contributed by atoms with Crippen LogP contribution in [0.4, 0.5) is 8.78 Å². The molecule has 0 unspecified atom stereocenters. The molecular weight excluding hydrogens is 298 g/mol. The SMILES string of the molecule is CNC[C@@H]1CCCN(S(=O)(=O)c2cc(C)c(F)cc2F)C1. The summed E-state index contributed by atoms with van der Waals surface area (Å²) >= 11 is 0. The van der Waals surface area contributed by atoms with Crippen LogP contribution in [0.3, 0.4) is 0 Å². The lowest BCUT2D eigenvalue weighted by Gasteiger charge is -2.32. The maximum absolute atomic E-state index is 13.9. The van der Waals surface area contributed by atoms with E-state index in [9.17, 15) is 17.2 Å². The summed E-state index contributed by atoms with van der Waals surface area (Å²) in [5.41, 5.74) is 0.124. The molecule has 0 bridgehead atoms. The molecular formula is C14H20F2N2O2S. The van der Waals surface area contributed by atoms with Gasteiger partial charge >= 0.3 is 0 Å². The van der Waals surface area contributed by atoms with Crippen molar-refractivity contribution in [1.29, 1.82) is 0 Å². The number of nitrogens with one attached hydrogen (secondary N) is 1. The van der Waals surface area contributed by atoms with Crippen molar-refractivity contribution < 1.29 is 17.2 Å². The van der Waals surface area contributed by atoms with Crippen LogP contribution in [0.2, 0.25) is 0 Å². The van der Waals surface area contributed by atoms with Crippen LogP contribution < -0.4 is 5.32 Å². The number of sulfonamides is 1. The molecule has 4 nitrogen and oxygen atoms in total. The zero-order chi connectivity index (χ0) is 15.6. The Hall–Kier alpha value is -1.05. The number of nitrogens with zero attached hydrogens (tertiary/aromatic N) is 1. The van der Waals surface area contributed by atoms with Gasteiger partial charge in [0.2, 0.25) is 10.0 Å². The van der Waals surface area contributed by atoms with Crippen LogP contribution in [0.15, 0.2) is 17.0 Å². The van der Waals surface area contributed by atoms with Gasteiger partial charge in [0.1, 0.15) is 16.5 Å². The highest BCUT2D eigenvalue weighted by molar-refractivity contribution is 7.89. The van der Waals surface area contributed by atoms with Gasteiger partial charge in [0, 0.05) is 19.2 Å². The fourth-order valence-electron chi connectivity index (χ4n) is 2.67. The van der Waals surface area contributed by atoms with Crippen molar-refractivity contribution in [1.82, 2.24) is 9.62 Å². The Kier molecular flexibility index (Phi) is 4.95. The van der Waals surface area contributed by atoms with Crippen LogP contribution in [0, 0.1) is 24.5 Å². The van der Waals surface area contributed by atoms with E-state index >= 15 is 0 Å². The molecule has 2 rings (SSSR count). The van der Waals surface area contributed by atoms with E-state index in [2.05, 4.69) is 5.32 Å². The van der Waals surface area contributed by atoms with Crippen molar-refractivity contribution >= 4 is 10.0 Å². The maximum Gasteiger partial charge on any atom is 0.246 e. The van der Waals surface area contributed by atoms with Gasteiger partial charge in [-0.1, -0.05) is 0 Å². The average molecular weight is 318 g/mol. The summed E-state index contributed by atoms with van der Waals surface area (Å²) < 4.78 is 53.6. The molecule has 1 saturated heterocycles. The Morgan fingerprint density at radius 2 is 2.05 bits per heavy atom. The lowest BCUT2D eigenvalue weighted by molar-refractivity contribution is 0.262. The molecule has 7 heteroatoms. The first-order valence-corrected chi connectivity index (χ1v) is 8.40. The molecule has 1 aliphatic rings. The second-order valence-electron chi connectivity index (χ2n) is 5.46. The number of hydrogen-bond acceptors (Lipinski definition) is 3. The van der Waals surface area contributed by atoms with Crippen molar-refractivity contribution in [3.63, 3.8) is 0 Å². The Morgan fingerprint density at radius 1 is 1.33 bits per heavy atom. The third-order valence-electron chi connectivity index (χ3n) is 3.81. The van der Waals surface area contributed by atoms with E-state index in [1.165, 1.54) is 11.2 Å². The van der Waals surface area contributed by atoms with Gasteiger partial charge < -0.3 is 5.32 Å². The predicted molar refractivity (Wildman–Crippen MR) is 76.5 cm³/mol. The van der Waals surface area contributed by atoms with Gasteiger partial charge in [-0.15, -0.1) is 0 Å². The highest BCUT2D eigenvalue weighted by Crippen LogP contribution is 2.26. The topological polar surface area (TPSA) is 49.4 Å². The number of piperidine rings is 1. The standard InChI is InChI=1S/C14H20F2N2O2S/c1-10-6-14(13(16)7-12(10)15)21(19,20)18-5-3-4-11(9-18)8-17-2/h6-7,11,17H,3-5,8-9H2,1-2H3/t11-/m0/s1. The number of rotatable bonds is 4. The summed E-state index contributed by atoms with van der Waals surface area (Å²) in [6, 6.07) is 1.71. The third-order valence-corrected chi connectivity index (χ3v) is 5.69. The van der Waals surface area contributed by atoms with Gasteiger partial charge in [0.05, 0.1) is 0 Å². The van der Waals surface area contributed by atoms with Gasteiger partial charge in [-0.05, 0) is 50.9 Å². The summed E-state index contributed by atoms with van der Waals surface area (Å²) in [5.74, 6) is -1.56. The van der Waals surface area contributed by atoms with E-state index in [0.717, 1.165) is 25.5 Å². The van der Waals surface area contributed by atoms with Crippen molar-refractivity contribution in [2.45, 2.75) is 24.7 Å². The Labute approximate surface area is 124 Å². The van der Waals surface area contributed by atoms with Crippen LogP contribution in [0.1, 0.15) is 18.4 Å². The highest BCUT2D eigenvalue weighted by Gasteiger charge is 2.32. The molecule has 118 valence electrons. The molecule has 21 heavy (non-hydrogen) atoms. The molecule has 0 radical (unpaired) electrons. The van der Waals surface area contributed by atoms with Crippen molar-refractivity contribution in [2.75, 3.05) is 26.7 Å². The molecule has 0 saturated carbocycles. The zero-order valence-corrected chi connectivity index (χ0v) is 13.0. The smallest absolute Gasteiger partial charge is 0.246 e. The summed E-state index contributed by atoms with van der Waals surface area (Å²) in [4.78, 5) is -0.438. The van der Waals surface area contributed by atoms with E-state index in [-0.39, 0.29) is 11.5 Å². The average Bonchev–Trinajstić information content (AvgIpc) is 2.43. The minimum Gasteiger partial charge on any atom is -0.319 e. The zero-order valence-electron chi connectivity index (χ0n) is 12.2. The molecule has 1 fully saturated rings. The van der Waals surface area contributed by atoms with Crippen LogP contribution in [-0.4, -0.2) is 39.4 Å². The van der Waals surface area contributed by atoms with E-state index in [4.69, 9.17) is 0 Å². The highest BCUT2D eigenvalue weighted by atomic mass is 32.2. The molecule has 1 aliphatic heterocycles. The molecule has 1 heterocycles. The van der Waals surface area contributed by atoms with Crippen LogP contribution >= 0.6 is 0 Å². The summed E-state index contributed by atoms with van der Waals surface area (Å²) in [6.45, 7) is 2.88. The van der Waals surface area contributed by atoms with E-state index in [1.54, 1.807) is 0 Å². The molecule has 0 aliphatic carbocycles. The van der Waals surface area contributed by atoms with Crippen molar-refractivity contribution in [3.8, 4) is 0 Å². The second-order valence-corrected chi connectivity index (χ2v) is 7.37. The number of halogens is 2. The summed E-state index contributed by atoms with van der Waals surface area (Å²) in [5, 5.41) is 3.03. The fourth-order valence-corrected chi connectivity index (χ4v) is 4.35. The predicted octanol–water partition coefficient (Wildman–Crippen LogP) is 1.89. The quantitative estimate of drug-likeness (QED) is 0.922. The minimum atomic E-state index is -3.92. The van der Waals surface area contributed by atoms with Crippen LogP contribution in [0.25, 0.3) is 0 Å². The van der Waals surface area contributed by atoms with Crippen molar-refractivity contribution in [3.05, 3.63) is 29.3 Å². The molecule has 1 atom stereocenters. The van der Waals surface area contributed by atoms with Gasteiger partial charge in [0.15, 0.2) is 0 Å². The second kappa shape index (κ2) is 6.37. The summed E-state index contributed by atoms with van der Waals surface area (Å²) in [7, 11) is -2.10. The first-order valence-electron chi connectivity index (χ1n) is 6.96. The van der Waals surface area contributed by atoms with E-state index in [0.29, 0.717) is 19.2 Å². The molecule has 0 spiro atoms. The van der Waals surface area contributed by atoms with Gasteiger partial charge in [0.25, 0.3) is 0 Å². The number of hydrogen-bond donors (Lipinski definition) is 1. The Balaban J connectivity index is 2.31. The molecule has 1 N–H and O–H groups in total. The van der Waals surface area contributed by atoms with E-state index < -0.39 is 26.6 Å². The van der Waals surface area contributed by atoms with Gasteiger partial charge in [-0.2, -0.15) is 4.31 Å². The first-order chi connectivity index (χ1) is 9.86. The maximum atomic E-state index is 13.9. The molecule has 1 aromatic carbocycles. The minimum absolute atomic E-state index is 0.124. The monoisotopic (exact) mass is 318 g/mol.